The van der Waals surface area contributed by atoms with E-state index in [0.717, 1.165) is 47.0 Å². The molecule has 0 saturated heterocycles. The Morgan fingerprint density at radius 3 is 2.67 bits per heavy atom. The van der Waals surface area contributed by atoms with E-state index in [1.807, 2.05) is 6.92 Å². The minimum Gasteiger partial charge on any atom is -0.438 e. The van der Waals surface area contributed by atoms with Gasteiger partial charge >= 0.3 is 0 Å². The predicted octanol–water partition coefficient (Wildman–Crippen LogP) is 7.65. The van der Waals surface area contributed by atoms with E-state index in [4.69, 9.17) is 4.42 Å². The summed E-state index contributed by atoms with van der Waals surface area (Å²) in [4.78, 5) is 4.68. The van der Waals surface area contributed by atoms with Crippen LogP contribution < -0.4 is 9.13 Å². The van der Waals surface area contributed by atoms with E-state index in [0.29, 0.717) is 11.6 Å². The molecule has 4 nitrogen and oxygen atoms in total. The fraction of sp³-hybridized carbons (Fsp3) is 0.194. The van der Waals surface area contributed by atoms with Gasteiger partial charge in [-0.2, -0.15) is 9.13 Å². The van der Waals surface area contributed by atoms with Gasteiger partial charge in [-0.05, 0) is 86.9 Å². The highest BCUT2D eigenvalue weighted by molar-refractivity contribution is 6.05. The smallest absolute Gasteiger partial charge is 0.227 e. The van der Waals surface area contributed by atoms with E-state index in [2.05, 4.69) is 119 Å². The fourth-order valence-corrected chi connectivity index (χ4v) is 7.05. The SMILES string of the molecule is C=C1CC2C(CCc3cc4oc5nc(C)ccc5c4cc3-c3cccc[n+]31)c1ccccc1-c1ccc(C)c[n+]12. The monoisotopic (exact) mass is 521 g/mol. The van der Waals surface area contributed by atoms with Gasteiger partial charge in [-0.3, -0.25) is 0 Å². The van der Waals surface area contributed by atoms with Crippen LogP contribution in [0.5, 0.6) is 0 Å². The highest BCUT2D eigenvalue weighted by Gasteiger charge is 2.42. The largest absolute Gasteiger partial charge is 0.438 e. The van der Waals surface area contributed by atoms with E-state index in [1.54, 1.807) is 0 Å². The molecule has 0 bridgehead atoms. The molecule has 2 aromatic carbocycles. The zero-order chi connectivity index (χ0) is 27.0. The molecular weight excluding hydrogens is 490 g/mol. The van der Waals surface area contributed by atoms with Gasteiger partial charge in [0.25, 0.3) is 0 Å². The van der Waals surface area contributed by atoms with Crippen LogP contribution in [0.15, 0.2) is 102 Å². The average molecular weight is 522 g/mol. The summed E-state index contributed by atoms with van der Waals surface area (Å²) in [6.45, 7) is 8.87. The lowest BCUT2D eigenvalue weighted by Crippen LogP contribution is -2.49. The van der Waals surface area contributed by atoms with Gasteiger partial charge in [0, 0.05) is 51.7 Å². The molecule has 0 aliphatic carbocycles. The summed E-state index contributed by atoms with van der Waals surface area (Å²) in [5.74, 6) is 0.363. The van der Waals surface area contributed by atoms with Crippen molar-refractivity contribution in [2.24, 2.45) is 0 Å². The Labute approximate surface area is 233 Å². The summed E-state index contributed by atoms with van der Waals surface area (Å²) in [6.07, 6.45) is 7.36. The number of benzene rings is 2. The topological polar surface area (TPSA) is 33.8 Å². The first-order chi connectivity index (χ1) is 19.5. The molecular formula is C36H31N3O+2. The number of hydrogen-bond donors (Lipinski definition) is 0. The van der Waals surface area contributed by atoms with E-state index < -0.39 is 0 Å². The zero-order valence-corrected chi connectivity index (χ0v) is 22.9. The van der Waals surface area contributed by atoms with Gasteiger partial charge in [0.2, 0.25) is 17.1 Å². The summed E-state index contributed by atoms with van der Waals surface area (Å²) >= 11 is 0. The number of hydrogen-bond acceptors (Lipinski definition) is 2. The molecule has 0 fully saturated rings. The molecule has 2 unspecified atom stereocenters. The minimum absolute atomic E-state index is 0.279. The normalized spacial score (nSPS) is 18.0. The van der Waals surface area contributed by atoms with Gasteiger partial charge < -0.3 is 4.42 Å². The number of pyridine rings is 3. The van der Waals surface area contributed by atoms with Crippen LogP contribution in [0.2, 0.25) is 0 Å². The summed E-state index contributed by atoms with van der Waals surface area (Å²) in [5, 5.41) is 2.17. The summed E-state index contributed by atoms with van der Waals surface area (Å²) in [7, 11) is 0. The van der Waals surface area contributed by atoms with Crippen LogP contribution in [0.25, 0.3) is 50.3 Å². The third kappa shape index (κ3) is 3.49. The van der Waals surface area contributed by atoms with Crippen molar-refractivity contribution < 1.29 is 13.6 Å². The molecule has 0 radical (unpaired) electrons. The minimum atomic E-state index is 0.279. The maximum Gasteiger partial charge on any atom is 0.227 e. The van der Waals surface area contributed by atoms with Crippen LogP contribution in [0.4, 0.5) is 0 Å². The van der Waals surface area contributed by atoms with Crippen LogP contribution >= 0.6 is 0 Å². The first kappa shape index (κ1) is 23.3. The van der Waals surface area contributed by atoms with Crippen LogP contribution in [-0.4, -0.2) is 4.98 Å². The molecule has 6 aromatic rings. The summed E-state index contributed by atoms with van der Waals surface area (Å²) in [6, 6.07) is 29.0. The summed E-state index contributed by atoms with van der Waals surface area (Å²) in [5.41, 5.74) is 12.7. The Hall–Kier alpha value is -4.57. The predicted molar refractivity (Wildman–Crippen MR) is 159 cm³/mol. The second kappa shape index (κ2) is 8.72. The Morgan fingerprint density at radius 1 is 0.875 bits per heavy atom. The maximum atomic E-state index is 6.32. The maximum absolute atomic E-state index is 6.32. The van der Waals surface area contributed by atoms with Gasteiger partial charge in [0.15, 0.2) is 24.1 Å². The molecule has 40 heavy (non-hydrogen) atoms. The molecule has 4 aromatic heterocycles. The highest BCUT2D eigenvalue weighted by atomic mass is 16.3. The zero-order valence-electron chi connectivity index (χ0n) is 22.9. The van der Waals surface area contributed by atoms with E-state index >= 15 is 0 Å². The third-order valence-corrected chi connectivity index (χ3v) is 8.93. The van der Waals surface area contributed by atoms with Crippen molar-refractivity contribution in [2.75, 3.05) is 0 Å². The standard InChI is InChI=1S/C36H31N3O/c1-22-11-16-33-27-9-5-4-8-26(27)28-15-13-25-19-35-31(29-14-12-23(2)37-36(29)40-35)20-30(25)32-10-6-7-17-38(32)24(3)18-34(28)39(33)21-22/h4-12,14,16-17,19-21,28,34H,3,13,15,18H2,1-2H3/q+2. The van der Waals surface area contributed by atoms with E-state index in [-0.39, 0.29) is 6.04 Å². The van der Waals surface area contributed by atoms with Crippen molar-refractivity contribution in [2.45, 2.75) is 45.1 Å². The van der Waals surface area contributed by atoms with Gasteiger partial charge in [0.05, 0.1) is 12.0 Å². The third-order valence-electron chi connectivity index (χ3n) is 8.93. The molecule has 0 spiro atoms. The molecule has 0 N–H and O–H groups in total. The highest BCUT2D eigenvalue weighted by Crippen LogP contribution is 2.44. The van der Waals surface area contributed by atoms with Crippen molar-refractivity contribution >= 4 is 27.8 Å². The quantitative estimate of drug-likeness (QED) is 0.192. The van der Waals surface area contributed by atoms with Crippen molar-refractivity contribution in [3.05, 3.63) is 120 Å². The first-order valence-corrected chi connectivity index (χ1v) is 14.2. The molecule has 4 heteroatoms. The van der Waals surface area contributed by atoms with Crippen LogP contribution in [0.3, 0.4) is 0 Å². The van der Waals surface area contributed by atoms with Crippen molar-refractivity contribution in [3.8, 4) is 22.5 Å². The molecule has 6 heterocycles. The molecule has 2 atom stereocenters. The first-order valence-electron chi connectivity index (χ1n) is 14.2. The van der Waals surface area contributed by atoms with Crippen LogP contribution in [0.1, 0.15) is 47.2 Å². The number of fused-ring (bicyclic) bond motifs is 12. The average Bonchev–Trinajstić information content (AvgIpc) is 3.32. The van der Waals surface area contributed by atoms with E-state index in [1.165, 1.54) is 39.2 Å². The van der Waals surface area contributed by atoms with Crippen LogP contribution in [-0.2, 0) is 6.42 Å². The number of aromatic nitrogens is 3. The van der Waals surface area contributed by atoms with E-state index in [9.17, 15) is 0 Å². The molecule has 194 valence electrons. The second-order valence-electron chi connectivity index (χ2n) is 11.4. The second-order valence-corrected chi connectivity index (χ2v) is 11.4. The van der Waals surface area contributed by atoms with Crippen molar-refractivity contribution in [1.29, 1.82) is 0 Å². The molecule has 2 aliphatic rings. The number of allylic oxidation sites excluding steroid dienone is 1. The Balaban J connectivity index is 1.36. The van der Waals surface area contributed by atoms with Gasteiger partial charge in [-0.1, -0.05) is 18.2 Å². The molecule has 0 saturated carbocycles. The summed E-state index contributed by atoms with van der Waals surface area (Å²) < 4.78 is 11.1. The number of nitrogens with zero attached hydrogens (tertiary/aromatic N) is 3. The van der Waals surface area contributed by atoms with Crippen LogP contribution in [0, 0.1) is 13.8 Å². The van der Waals surface area contributed by atoms with Crippen molar-refractivity contribution in [1.82, 2.24) is 4.98 Å². The Kier molecular flexibility index (Phi) is 5.09. The fourth-order valence-electron chi connectivity index (χ4n) is 7.05. The molecule has 0 amide bonds. The van der Waals surface area contributed by atoms with Gasteiger partial charge in [-0.25, -0.2) is 4.98 Å². The molecule has 2 aliphatic heterocycles. The van der Waals surface area contributed by atoms with Gasteiger partial charge in [0.1, 0.15) is 5.58 Å². The lowest BCUT2D eigenvalue weighted by atomic mass is 9.77. The lowest BCUT2D eigenvalue weighted by molar-refractivity contribution is -0.720. The number of furan rings is 1. The number of aryl methyl sites for hydroxylation is 3. The van der Waals surface area contributed by atoms with Gasteiger partial charge in [-0.15, -0.1) is 0 Å². The Morgan fingerprint density at radius 2 is 1.75 bits per heavy atom. The van der Waals surface area contributed by atoms with Crippen molar-refractivity contribution in [3.63, 3.8) is 0 Å². The lowest BCUT2D eigenvalue weighted by Gasteiger charge is -2.31. The number of rotatable bonds is 0. The Bertz CT molecular complexity index is 2000. The molecule has 8 rings (SSSR count).